The Morgan fingerprint density at radius 2 is 1.76 bits per heavy atom. The van der Waals surface area contributed by atoms with Crippen molar-refractivity contribution in [3.05, 3.63) is 21.4 Å². The van der Waals surface area contributed by atoms with E-state index in [1.54, 1.807) is 0 Å². The average Bonchev–Trinajstić information content (AvgIpc) is 2.61. The van der Waals surface area contributed by atoms with E-state index in [1.165, 1.54) is 60.4 Å². The fourth-order valence-corrected chi connectivity index (χ4v) is 3.06. The first-order valence-electron chi connectivity index (χ1n) is 7.00. The Hall–Kier alpha value is -0.340. The van der Waals surface area contributed by atoms with Crippen LogP contribution >= 0.6 is 11.3 Å². The molecule has 17 heavy (non-hydrogen) atoms. The molecule has 0 radical (unpaired) electrons. The Morgan fingerprint density at radius 3 is 2.41 bits per heavy atom. The summed E-state index contributed by atoms with van der Waals surface area (Å²) in [5, 5.41) is 3.55. The van der Waals surface area contributed by atoms with Crippen molar-refractivity contribution in [3.63, 3.8) is 0 Å². The first-order valence-corrected chi connectivity index (χ1v) is 7.82. The van der Waals surface area contributed by atoms with Crippen LogP contribution < -0.4 is 5.32 Å². The highest BCUT2D eigenvalue weighted by molar-refractivity contribution is 7.12. The summed E-state index contributed by atoms with van der Waals surface area (Å²) in [6, 6.07) is 2.31. The van der Waals surface area contributed by atoms with Gasteiger partial charge < -0.3 is 5.32 Å². The summed E-state index contributed by atoms with van der Waals surface area (Å²) in [5.41, 5.74) is 1.48. The lowest BCUT2D eigenvalue weighted by Crippen LogP contribution is -2.14. The van der Waals surface area contributed by atoms with Gasteiger partial charge >= 0.3 is 0 Å². The van der Waals surface area contributed by atoms with Gasteiger partial charge in [0.2, 0.25) is 0 Å². The number of hydrogen-bond acceptors (Lipinski definition) is 2. The lowest BCUT2D eigenvalue weighted by atomic mass is 10.1. The predicted molar refractivity (Wildman–Crippen MR) is 78.9 cm³/mol. The molecule has 1 rings (SSSR count). The van der Waals surface area contributed by atoms with E-state index in [-0.39, 0.29) is 0 Å². The van der Waals surface area contributed by atoms with Crippen LogP contribution in [-0.4, -0.2) is 6.54 Å². The van der Waals surface area contributed by atoms with Gasteiger partial charge in [0, 0.05) is 16.3 Å². The summed E-state index contributed by atoms with van der Waals surface area (Å²) in [5.74, 6) is 0. The van der Waals surface area contributed by atoms with Gasteiger partial charge in [0.05, 0.1) is 0 Å². The van der Waals surface area contributed by atoms with Gasteiger partial charge in [-0.3, -0.25) is 0 Å². The number of aryl methyl sites for hydroxylation is 2. The standard InChI is InChI=1S/C15H27NS/c1-4-5-6-7-8-9-10-16-12-15-11-13(2)17-14(15)3/h11,16H,4-10,12H2,1-3H3. The summed E-state index contributed by atoms with van der Waals surface area (Å²) >= 11 is 1.91. The SMILES string of the molecule is CCCCCCCCNCc1cc(C)sc1C. The number of thiophene rings is 1. The van der Waals surface area contributed by atoms with E-state index in [2.05, 4.69) is 32.2 Å². The van der Waals surface area contributed by atoms with Crippen LogP contribution in [0.1, 0.15) is 60.8 Å². The second-order valence-electron chi connectivity index (χ2n) is 4.88. The second kappa shape index (κ2) is 8.71. The lowest BCUT2D eigenvalue weighted by Gasteiger charge is -2.04. The third-order valence-electron chi connectivity index (χ3n) is 3.17. The van der Waals surface area contributed by atoms with Gasteiger partial charge in [-0.1, -0.05) is 39.0 Å². The first kappa shape index (κ1) is 14.7. The molecule has 98 valence electrons. The van der Waals surface area contributed by atoms with Gasteiger partial charge in [-0.2, -0.15) is 0 Å². The number of hydrogen-bond donors (Lipinski definition) is 1. The first-order chi connectivity index (χ1) is 8.24. The van der Waals surface area contributed by atoms with Crippen molar-refractivity contribution in [2.75, 3.05) is 6.54 Å². The average molecular weight is 253 g/mol. The molecular weight excluding hydrogens is 226 g/mol. The van der Waals surface area contributed by atoms with Crippen LogP contribution in [0, 0.1) is 13.8 Å². The van der Waals surface area contributed by atoms with Crippen molar-refractivity contribution >= 4 is 11.3 Å². The van der Waals surface area contributed by atoms with Crippen LogP contribution in [0.15, 0.2) is 6.07 Å². The molecule has 0 unspecified atom stereocenters. The van der Waals surface area contributed by atoms with E-state index in [1.807, 2.05) is 11.3 Å². The predicted octanol–water partition coefficient (Wildman–Crippen LogP) is 4.82. The molecule has 0 aliphatic carbocycles. The fourth-order valence-electron chi connectivity index (χ4n) is 2.11. The highest BCUT2D eigenvalue weighted by Crippen LogP contribution is 2.20. The van der Waals surface area contributed by atoms with E-state index >= 15 is 0 Å². The third-order valence-corrected chi connectivity index (χ3v) is 4.17. The molecule has 0 bridgehead atoms. The van der Waals surface area contributed by atoms with Crippen molar-refractivity contribution < 1.29 is 0 Å². The minimum absolute atomic E-state index is 1.05. The van der Waals surface area contributed by atoms with Crippen LogP contribution in [0.3, 0.4) is 0 Å². The normalized spacial score (nSPS) is 11.0. The largest absolute Gasteiger partial charge is 0.313 e. The highest BCUT2D eigenvalue weighted by atomic mass is 32.1. The van der Waals surface area contributed by atoms with Gasteiger partial charge in [-0.25, -0.2) is 0 Å². The molecule has 0 atom stereocenters. The topological polar surface area (TPSA) is 12.0 Å². The number of rotatable bonds is 9. The minimum Gasteiger partial charge on any atom is -0.313 e. The van der Waals surface area contributed by atoms with E-state index in [0.29, 0.717) is 0 Å². The van der Waals surface area contributed by atoms with E-state index in [9.17, 15) is 0 Å². The molecule has 0 aromatic carbocycles. The molecule has 0 saturated heterocycles. The Bertz CT molecular complexity index is 304. The smallest absolute Gasteiger partial charge is 0.0216 e. The van der Waals surface area contributed by atoms with Crippen molar-refractivity contribution in [1.82, 2.24) is 5.32 Å². The molecule has 2 heteroatoms. The van der Waals surface area contributed by atoms with Gasteiger partial charge in [0.25, 0.3) is 0 Å². The molecule has 1 nitrogen and oxygen atoms in total. The Balaban J connectivity index is 1.99. The molecule has 1 heterocycles. The number of nitrogens with one attached hydrogen (secondary N) is 1. The molecule has 0 fully saturated rings. The zero-order valence-corrected chi connectivity index (χ0v) is 12.5. The second-order valence-corrected chi connectivity index (χ2v) is 6.34. The molecule has 1 aromatic rings. The third kappa shape index (κ3) is 6.23. The van der Waals surface area contributed by atoms with Gasteiger partial charge in [-0.15, -0.1) is 11.3 Å². The van der Waals surface area contributed by atoms with Gasteiger partial charge in [0.1, 0.15) is 0 Å². The zero-order chi connectivity index (χ0) is 12.5. The van der Waals surface area contributed by atoms with E-state index in [0.717, 1.165) is 6.54 Å². The van der Waals surface area contributed by atoms with Gasteiger partial charge in [0.15, 0.2) is 0 Å². The molecule has 0 aliphatic heterocycles. The molecule has 1 N–H and O–H groups in total. The molecule has 1 aromatic heterocycles. The monoisotopic (exact) mass is 253 g/mol. The number of unbranched alkanes of at least 4 members (excludes halogenated alkanes) is 5. The molecule has 0 spiro atoms. The summed E-state index contributed by atoms with van der Waals surface area (Å²) in [4.78, 5) is 2.90. The van der Waals surface area contributed by atoms with Crippen LogP contribution in [0.25, 0.3) is 0 Å². The molecule has 0 saturated carbocycles. The van der Waals surface area contributed by atoms with Crippen molar-refractivity contribution in [1.29, 1.82) is 0 Å². The van der Waals surface area contributed by atoms with Crippen molar-refractivity contribution in [3.8, 4) is 0 Å². The molecule has 0 amide bonds. The maximum Gasteiger partial charge on any atom is 0.0216 e. The molecule has 0 aliphatic rings. The van der Waals surface area contributed by atoms with Gasteiger partial charge in [-0.05, 0) is 38.4 Å². The van der Waals surface area contributed by atoms with Crippen molar-refractivity contribution in [2.24, 2.45) is 0 Å². The van der Waals surface area contributed by atoms with Crippen LogP contribution in [0.5, 0.6) is 0 Å². The fraction of sp³-hybridized carbons (Fsp3) is 0.733. The summed E-state index contributed by atoms with van der Waals surface area (Å²) in [7, 11) is 0. The Labute approximate surface area is 111 Å². The van der Waals surface area contributed by atoms with Crippen molar-refractivity contribution in [2.45, 2.75) is 65.8 Å². The maximum absolute atomic E-state index is 3.55. The van der Waals surface area contributed by atoms with Crippen LogP contribution in [-0.2, 0) is 6.54 Å². The zero-order valence-electron chi connectivity index (χ0n) is 11.6. The summed E-state index contributed by atoms with van der Waals surface area (Å²) in [6.45, 7) is 8.90. The van der Waals surface area contributed by atoms with E-state index < -0.39 is 0 Å². The van der Waals surface area contributed by atoms with Crippen LogP contribution in [0.4, 0.5) is 0 Å². The van der Waals surface area contributed by atoms with Crippen LogP contribution in [0.2, 0.25) is 0 Å². The summed E-state index contributed by atoms with van der Waals surface area (Å²) < 4.78 is 0. The Kier molecular flexibility index (Phi) is 7.54. The lowest BCUT2D eigenvalue weighted by molar-refractivity contribution is 0.572. The summed E-state index contributed by atoms with van der Waals surface area (Å²) in [6.07, 6.45) is 8.28. The minimum atomic E-state index is 1.05. The maximum atomic E-state index is 3.55. The highest BCUT2D eigenvalue weighted by Gasteiger charge is 2.01. The quantitative estimate of drug-likeness (QED) is 0.622. The van der Waals surface area contributed by atoms with E-state index in [4.69, 9.17) is 0 Å². The Morgan fingerprint density at radius 1 is 1.06 bits per heavy atom. The molecular formula is C15H27NS.